The lowest BCUT2D eigenvalue weighted by Crippen LogP contribution is -2.44. The van der Waals surface area contributed by atoms with Gasteiger partial charge in [0.05, 0.1) is 11.6 Å². The number of nitrogens with zero attached hydrogens (tertiary/aromatic N) is 3. The molecule has 3 aromatic rings. The number of likely N-dealkylation sites (tertiary alicyclic amines) is 1. The first-order valence-corrected chi connectivity index (χ1v) is 9.45. The van der Waals surface area contributed by atoms with Gasteiger partial charge < -0.3 is 10.6 Å². The molecule has 0 aliphatic carbocycles. The zero-order valence-corrected chi connectivity index (χ0v) is 15.8. The molecule has 2 aromatic carbocycles. The lowest BCUT2D eigenvalue weighted by molar-refractivity contribution is -0.123. The average molecular weight is 374 g/mol. The van der Waals surface area contributed by atoms with Crippen LogP contribution in [0.25, 0.3) is 22.0 Å². The number of primary amides is 1. The summed E-state index contributed by atoms with van der Waals surface area (Å²) in [6.45, 7) is 2.99. The van der Waals surface area contributed by atoms with E-state index in [1.54, 1.807) is 4.90 Å². The summed E-state index contributed by atoms with van der Waals surface area (Å²) >= 11 is 0. The molecule has 1 atom stereocenters. The second-order valence-electron chi connectivity index (χ2n) is 7.25. The third-order valence-corrected chi connectivity index (χ3v) is 5.39. The summed E-state index contributed by atoms with van der Waals surface area (Å²) in [5.74, 6) is -0.666. The second kappa shape index (κ2) is 7.38. The van der Waals surface area contributed by atoms with Gasteiger partial charge in [0.15, 0.2) is 0 Å². The zero-order chi connectivity index (χ0) is 19.7. The van der Waals surface area contributed by atoms with Crippen molar-refractivity contribution in [1.82, 2.24) is 15.1 Å². The molecule has 0 bridgehead atoms. The van der Waals surface area contributed by atoms with Crippen molar-refractivity contribution in [2.45, 2.75) is 19.8 Å². The number of nitrogens with two attached hydrogens (primary N) is 1. The molecule has 1 aliphatic rings. The summed E-state index contributed by atoms with van der Waals surface area (Å²) in [4.78, 5) is 26.0. The fraction of sp³-hybridized carbons (Fsp3) is 0.273. The van der Waals surface area contributed by atoms with Crippen LogP contribution in [0.4, 0.5) is 0 Å². The Morgan fingerprint density at radius 1 is 1.04 bits per heavy atom. The molecule has 1 fully saturated rings. The maximum absolute atomic E-state index is 12.8. The molecule has 0 saturated carbocycles. The molecule has 1 aromatic heterocycles. The first-order valence-electron chi connectivity index (χ1n) is 9.45. The molecule has 6 heteroatoms. The van der Waals surface area contributed by atoms with Crippen molar-refractivity contribution in [3.63, 3.8) is 0 Å². The van der Waals surface area contributed by atoms with Gasteiger partial charge in [-0.05, 0) is 31.9 Å². The van der Waals surface area contributed by atoms with Crippen molar-refractivity contribution in [1.29, 1.82) is 0 Å². The highest BCUT2D eigenvalue weighted by atomic mass is 16.2. The van der Waals surface area contributed by atoms with Gasteiger partial charge in [-0.1, -0.05) is 36.4 Å². The SMILES string of the molecule is Cc1nnc(-c2ccc(C(=O)N3CCC[C@H](C(N)=O)C3)cc2)c2ccccc12. The molecule has 2 amide bonds. The topological polar surface area (TPSA) is 89.2 Å². The Hall–Kier alpha value is -3.28. The molecule has 2 heterocycles. The van der Waals surface area contributed by atoms with Gasteiger partial charge in [-0.25, -0.2) is 0 Å². The van der Waals surface area contributed by atoms with E-state index in [1.807, 2.05) is 55.5 Å². The molecule has 0 radical (unpaired) electrons. The highest BCUT2D eigenvalue weighted by Crippen LogP contribution is 2.28. The number of amides is 2. The molecular formula is C22H22N4O2. The van der Waals surface area contributed by atoms with E-state index in [2.05, 4.69) is 10.2 Å². The maximum atomic E-state index is 12.8. The second-order valence-corrected chi connectivity index (χ2v) is 7.25. The first-order chi connectivity index (χ1) is 13.5. The Morgan fingerprint density at radius 3 is 2.46 bits per heavy atom. The fourth-order valence-corrected chi connectivity index (χ4v) is 3.80. The van der Waals surface area contributed by atoms with Crippen molar-refractivity contribution in [3.05, 3.63) is 59.8 Å². The summed E-state index contributed by atoms with van der Waals surface area (Å²) in [6.07, 6.45) is 1.54. The molecule has 142 valence electrons. The van der Waals surface area contributed by atoms with Crippen molar-refractivity contribution in [3.8, 4) is 11.3 Å². The highest BCUT2D eigenvalue weighted by molar-refractivity contribution is 5.97. The van der Waals surface area contributed by atoms with Crippen LogP contribution in [-0.4, -0.2) is 40.0 Å². The number of hydrogen-bond donors (Lipinski definition) is 1. The molecule has 0 spiro atoms. The molecule has 4 rings (SSSR count). The van der Waals surface area contributed by atoms with Crippen molar-refractivity contribution >= 4 is 22.6 Å². The number of aryl methyl sites for hydroxylation is 1. The van der Waals surface area contributed by atoms with Crippen LogP contribution in [0.1, 0.15) is 28.9 Å². The van der Waals surface area contributed by atoms with Crippen LogP contribution in [0.5, 0.6) is 0 Å². The van der Waals surface area contributed by atoms with E-state index in [9.17, 15) is 9.59 Å². The van der Waals surface area contributed by atoms with E-state index >= 15 is 0 Å². The van der Waals surface area contributed by atoms with Crippen molar-refractivity contribution in [2.24, 2.45) is 11.7 Å². The summed E-state index contributed by atoms with van der Waals surface area (Å²) in [5.41, 5.74) is 8.61. The summed E-state index contributed by atoms with van der Waals surface area (Å²) in [5, 5.41) is 10.7. The van der Waals surface area contributed by atoms with Crippen LogP contribution >= 0.6 is 0 Å². The first kappa shape index (κ1) is 18.1. The lowest BCUT2D eigenvalue weighted by atomic mass is 9.96. The summed E-state index contributed by atoms with van der Waals surface area (Å²) < 4.78 is 0. The third kappa shape index (κ3) is 3.33. The third-order valence-electron chi connectivity index (χ3n) is 5.39. The maximum Gasteiger partial charge on any atom is 0.253 e. The van der Waals surface area contributed by atoms with Gasteiger partial charge in [-0.3, -0.25) is 9.59 Å². The summed E-state index contributed by atoms with van der Waals surface area (Å²) in [6, 6.07) is 15.4. The predicted molar refractivity (Wildman–Crippen MR) is 108 cm³/mol. The van der Waals surface area contributed by atoms with Gasteiger partial charge in [-0.2, -0.15) is 5.10 Å². The van der Waals surface area contributed by atoms with E-state index < -0.39 is 0 Å². The van der Waals surface area contributed by atoms with Crippen LogP contribution in [0, 0.1) is 12.8 Å². The molecular weight excluding hydrogens is 352 g/mol. The molecule has 6 nitrogen and oxygen atoms in total. The largest absolute Gasteiger partial charge is 0.369 e. The van der Waals surface area contributed by atoms with Gasteiger partial charge in [-0.15, -0.1) is 5.10 Å². The fourth-order valence-electron chi connectivity index (χ4n) is 3.80. The number of benzene rings is 2. The minimum absolute atomic E-state index is 0.0719. The normalized spacial score (nSPS) is 16.9. The van der Waals surface area contributed by atoms with E-state index in [0.29, 0.717) is 18.7 Å². The van der Waals surface area contributed by atoms with Crippen molar-refractivity contribution < 1.29 is 9.59 Å². The number of hydrogen-bond acceptors (Lipinski definition) is 4. The minimum atomic E-state index is -0.335. The predicted octanol–water partition coefficient (Wildman–Crippen LogP) is 2.94. The quantitative estimate of drug-likeness (QED) is 0.763. The van der Waals surface area contributed by atoms with Crippen LogP contribution in [0.15, 0.2) is 48.5 Å². The molecule has 2 N–H and O–H groups in total. The minimum Gasteiger partial charge on any atom is -0.369 e. The number of piperidine rings is 1. The number of aromatic nitrogens is 2. The van der Waals surface area contributed by atoms with Crippen LogP contribution in [0.3, 0.4) is 0 Å². The van der Waals surface area contributed by atoms with E-state index in [-0.39, 0.29) is 17.7 Å². The monoisotopic (exact) mass is 374 g/mol. The Bertz CT molecular complexity index is 1050. The zero-order valence-electron chi connectivity index (χ0n) is 15.8. The Labute approximate surface area is 163 Å². The van der Waals surface area contributed by atoms with E-state index in [4.69, 9.17) is 5.73 Å². The number of carbonyl (C=O) groups excluding carboxylic acids is 2. The standard InChI is InChI=1S/C22H22N4O2/c1-14-18-6-2-3-7-19(18)20(25-24-14)15-8-10-16(11-9-15)22(28)26-12-4-5-17(13-26)21(23)27/h2-3,6-11,17H,4-5,12-13H2,1H3,(H2,23,27)/t17-/m0/s1. The molecule has 1 saturated heterocycles. The summed E-state index contributed by atoms with van der Waals surface area (Å²) in [7, 11) is 0. The van der Waals surface area contributed by atoms with Crippen LogP contribution in [-0.2, 0) is 4.79 Å². The lowest BCUT2D eigenvalue weighted by Gasteiger charge is -2.31. The Balaban J connectivity index is 1.60. The Morgan fingerprint density at radius 2 is 1.75 bits per heavy atom. The van der Waals surface area contributed by atoms with Crippen molar-refractivity contribution in [2.75, 3.05) is 13.1 Å². The van der Waals surface area contributed by atoms with Gasteiger partial charge in [0.25, 0.3) is 5.91 Å². The Kier molecular flexibility index (Phi) is 4.77. The molecule has 28 heavy (non-hydrogen) atoms. The number of carbonyl (C=O) groups is 2. The number of fused-ring (bicyclic) bond motifs is 1. The highest BCUT2D eigenvalue weighted by Gasteiger charge is 2.27. The van der Waals surface area contributed by atoms with Gasteiger partial charge in [0, 0.05) is 35.0 Å². The van der Waals surface area contributed by atoms with Gasteiger partial charge >= 0.3 is 0 Å². The molecule has 0 unspecified atom stereocenters. The van der Waals surface area contributed by atoms with Crippen LogP contribution in [0.2, 0.25) is 0 Å². The molecule has 1 aliphatic heterocycles. The van der Waals surface area contributed by atoms with Crippen LogP contribution < -0.4 is 5.73 Å². The number of rotatable bonds is 3. The van der Waals surface area contributed by atoms with Gasteiger partial charge in [0.1, 0.15) is 5.69 Å². The average Bonchev–Trinajstić information content (AvgIpc) is 2.74. The van der Waals surface area contributed by atoms with E-state index in [1.165, 1.54) is 0 Å². The van der Waals surface area contributed by atoms with Gasteiger partial charge in [0.2, 0.25) is 5.91 Å². The van der Waals surface area contributed by atoms with E-state index in [0.717, 1.165) is 40.6 Å². The smallest absolute Gasteiger partial charge is 0.253 e.